The predicted molar refractivity (Wildman–Crippen MR) is 69.3 cm³/mol. The number of fused-ring (bicyclic) bond motifs is 1. The molecule has 18 heavy (non-hydrogen) atoms. The van der Waals surface area contributed by atoms with E-state index in [0.29, 0.717) is 18.7 Å². The molecule has 2 fully saturated rings. The molecule has 1 aliphatic carbocycles. The summed E-state index contributed by atoms with van der Waals surface area (Å²) in [4.78, 5) is 11.2. The third-order valence-corrected chi connectivity index (χ3v) is 3.93. The van der Waals surface area contributed by atoms with Gasteiger partial charge in [-0.25, -0.2) is 4.98 Å². The third kappa shape index (κ3) is 2.20. The van der Waals surface area contributed by atoms with Crippen molar-refractivity contribution >= 4 is 5.82 Å². The summed E-state index contributed by atoms with van der Waals surface area (Å²) < 4.78 is 5.87. The third-order valence-electron chi connectivity index (χ3n) is 3.93. The maximum atomic E-state index is 5.87. The van der Waals surface area contributed by atoms with E-state index in [4.69, 9.17) is 10.5 Å². The fourth-order valence-corrected chi connectivity index (χ4v) is 2.98. The van der Waals surface area contributed by atoms with Gasteiger partial charge < -0.3 is 15.4 Å². The smallest absolute Gasteiger partial charge is 0.147 e. The average Bonchev–Trinajstić information content (AvgIpc) is 2.47. The number of ether oxygens (including phenoxy) is 1. The van der Waals surface area contributed by atoms with Crippen molar-refractivity contribution in [1.82, 2.24) is 9.97 Å². The van der Waals surface area contributed by atoms with Gasteiger partial charge in [0.1, 0.15) is 5.82 Å². The lowest BCUT2D eigenvalue weighted by molar-refractivity contribution is -0.00901. The molecule has 98 valence electrons. The van der Waals surface area contributed by atoms with Gasteiger partial charge in [-0.2, -0.15) is 0 Å². The Morgan fingerprint density at radius 3 is 2.94 bits per heavy atom. The first-order valence-electron chi connectivity index (χ1n) is 6.78. The van der Waals surface area contributed by atoms with Crippen LogP contribution in [-0.2, 0) is 11.3 Å². The van der Waals surface area contributed by atoms with Crippen molar-refractivity contribution in [2.45, 2.75) is 44.4 Å². The standard InChI is InChI=1S/C13H20N4O/c14-7-10-8-16-13(9-15-10)17-5-6-18-12-4-2-1-3-11(12)17/h8-9,11-12H,1-7,14H2. The van der Waals surface area contributed by atoms with Crippen LogP contribution in [0.1, 0.15) is 31.4 Å². The second kappa shape index (κ2) is 5.20. The van der Waals surface area contributed by atoms with Crippen LogP contribution in [0.2, 0.25) is 0 Å². The van der Waals surface area contributed by atoms with E-state index in [1.807, 2.05) is 6.20 Å². The van der Waals surface area contributed by atoms with E-state index >= 15 is 0 Å². The van der Waals surface area contributed by atoms with Gasteiger partial charge in [-0.1, -0.05) is 12.8 Å². The molecule has 1 aliphatic heterocycles. The largest absolute Gasteiger partial charge is 0.374 e. The molecule has 2 heterocycles. The second-order valence-electron chi connectivity index (χ2n) is 5.02. The monoisotopic (exact) mass is 248 g/mol. The van der Waals surface area contributed by atoms with Crippen molar-refractivity contribution < 1.29 is 4.74 Å². The second-order valence-corrected chi connectivity index (χ2v) is 5.02. The van der Waals surface area contributed by atoms with Crippen molar-refractivity contribution in [3.05, 3.63) is 18.1 Å². The van der Waals surface area contributed by atoms with Crippen LogP contribution in [0.3, 0.4) is 0 Å². The van der Waals surface area contributed by atoms with Gasteiger partial charge in [-0.05, 0) is 12.8 Å². The van der Waals surface area contributed by atoms with Gasteiger partial charge in [-0.3, -0.25) is 4.98 Å². The van der Waals surface area contributed by atoms with Crippen LogP contribution in [-0.4, -0.2) is 35.3 Å². The van der Waals surface area contributed by atoms with Gasteiger partial charge >= 0.3 is 0 Å². The minimum Gasteiger partial charge on any atom is -0.374 e. The molecule has 2 aliphatic rings. The van der Waals surface area contributed by atoms with Gasteiger partial charge in [0.2, 0.25) is 0 Å². The van der Waals surface area contributed by atoms with Crippen LogP contribution in [0.25, 0.3) is 0 Å². The van der Waals surface area contributed by atoms with Crippen LogP contribution < -0.4 is 10.6 Å². The number of hydrogen-bond acceptors (Lipinski definition) is 5. The predicted octanol–water partition coefficient (Wildman–Crippen LogP) is 1.08. The summed E-state index contributed by atoms with van der Waals surface area (Å²) in [6.45, 7) is 2.15. The molecule has 0 spiro atoms. The van der Waals surface area contributed by atoms with E-state index in [1.165, 1.54) is 25.7 Å². The Balaban J connectivity index is 1.80. The number of nitrogens with zero attached hydrogens (tertiary/aromatic N) is 3. The molecule has 2 N–H and O–H groups in total. The minimum absolute atomic E-state index is 0.378. The van der Waals surface area contributed by atoms with E-state index in [9.17, 15) is 0 Å². The molecule has 5 heteroatoms. The van der Waals surface area contributed by atoms with E-state index in [1.54, 1.807) is 6.20 Å². The van der Waals surface area contributed by atoms with Crippen molar-refractivity contribution in [3.8, 4) is 0 Å². The van der Waals surface area contributed by atoms with Gasteiger partial charge in [0, 0.05) is 13.1 Å². The molecular formula is C13H20N4O. The van der Waals surface area contributed by atoms with E-state index in [-0.39, 0.29) is 0 Å². The molecule has 0 radical (unpaired) electrons. The summed E-state index contributed by atoms with van der Waals surface area (Å²) in [5, 5.41) is 0. The average molecular weight is 248 g/mol. The molecule has 3 rings (SSSR count). The minimum atomic E-state index is 0.378. The Morgan fingerprint density at radius 2 is 2.17 bits per heavy atom. The fraction of sp³-hybridized carbons (Fsp3) is 0.692. The zero-order valence-corrected chi connectivity index (χ0v) is 10.6. The fourth-order valence-electron chi connectivity index (χ4n) is 2.98. The summed E-state index contributed by atoms with van der Waals surface area (Å²) in [5.41, 5.74) is 6.39. The summed E-state index contributed by atoms with van der Waals surface area (Å²) in [7, 11) is 0. The zero-order chi connectivity index (χ0) is 12.4. The van der Waals surface area contributed by atoms with Gasteiger partial charge in [0.25, 0.3) is 0 Å². The summed E-state index contributed by atoms with van der Waals surface area (Å²) in [5.74, 6) is 0.965. The number of hydrogen-bond donors (Lipinski definition) is 1. The lowest BCUT2D eigenvalue weighted by atomic mass is 9.90. The first kappa shape index (κ1) is 11.9. The van der Waals surface area contributed by atoms with Crippen LogP contribution in [0.4, 0.5) is 5.82 Å². The highest BCUT2D eigenvalue weighted by atomic mass is 16.5. The zero-order valence-electron chi connectivity index (χ0n) is 10.6. The number of nitrogens with two attached hydrogens (primary N) is 1. The molecule has 0 amide bonds. The van der Waals surface area contributed by atoms with Gasteiger partial charge in [-0.15, -0.1) is 0 Å². The first-order chi connectivity index (χ1) is 8.88. The van der Waals surface area contributed by atoms with Gasteiger partial charge in [0.15, 0.2) is 0 Å². The number of aromatic nitrogens is 2. The van der Waals surface area contributed by atoms with Crippen molar-refractivity contribution in [3.63, 3.8) is 0 Å². The molecule has 5 nitrogen and oxygen atoms in total. The SMILES string of the molecule is NCc1cnc(N2CCOC3CCCCC32)cn1. The Bertz CT molecular complexity index is 392. The highest BCUT2D eigenvalue weighted by molar-refractivity contribution is 5.38. The lowest BCUT2D eigenvalue weighted by Crippen LogP contribution is -2.53. The van der Waals surface area contributed by atoms with Crippen molar-refractivity contribution in [1.29, 1.82) is 0 Å². The molecule has 1 aromatic heterocycles. The summed E-state index contributed by atoms with van der Waals surface area (Å²) in [6.07, 6.45) is 8.95. The maximum absolute atomic E-state index is 5.87. The van der Waals surface area contributed by atoms with Crippen LogP contribution in [0.5, 0.6) is 0 Å². The molecule has 1 aromatic rings. The quantitative estimate of drug-likeness (QED) is 0.848. The maximum Gasteiger partial charge on any atom is 0.147 e. The van der Waals surface area contributed by atoms with Crippen LogP contribution in [0.15, 0.2) is 12.4 Å². The number of anilines is 1. The lowest BCUT2D eigenvalue weighted by Gasteiger charge is -2.44. The molecule has 2 atom stereocenters. The highest BCUT2D eigenvalue weighted by Gasteiger charge is 2.34. The number of morpholine rings is 1. The van der Waals surface area contributed by atoms with Crippen LogP contribution >= 0.6 is 0 Å². The van der Waals surface area contributed by atoms with Crippen LogP contribution in [0, 0.1) is 0 Å². The van der Waals surface area contributed by atoms with E-state index in [2.05, 4.69) is 14.9 Å². The Labute approximate surface area is 107 Å². The van der Waals surface area contributed by atoms with Gasteiger partial charge in [0.05, 0.1) is 36.8 Å². The molecule has 0 aromatic carbocycles. The normalized spacial score (nSPS) is 27.9. The Morgan fingerprint density at radius 1 is 1.28 bits per heavy atom. The number of rotatable bonds is 2. The molecule has 1 saturated heterocycles. The summed E-state index contributed by atoms with van der Waals surface area (Å²) >= 11 is 0. The first-order valence-corrected chi connectivity index (χ1v) is 6.78. The highest BCUT2D eigenvalue weighted by Crippen LogP contribution is 2.30. The summed E-state index contributed by atoms with van der Waals surface area (Å²) in [6, 6.07) is 0.477. The molecule has 0 bridgehead atoms. The Kier molecular flexibility index (Phi) is 3.43. The molecular weight excluding hydrogens is 228 g/mol. The topological polar surface area (TPSA) is 64.3 Å². The van der Waals surface area contributed by atoms with Crippen molar-refractivity contribution in [2.75, 3.05) is 18.1 Å². The molecule has 2 unspecified atom stereocenters. The molecule has 1 saturated carbocycles. The van der Waals surface area contributed by atoms with E-state index in [0.717, 1.165) is 24.7 Å². The van der Waals surface area contributed by atoms with E-state index < -0.39 is 0 Å². The van der Waals surface area contributed by atoms with Crippen molar-refractivity contribution in [2.24, 2.45) is 5.73 Å². The Hall–Kier alpha value is -1.20.